The molecule has 0 N–H and O–H groups in total. The van der Waals surface area contributed by atoms with Crippen molar-refractivity contribution in [3.05, 3.63) is 0 Å². The third kappa shape index (κ3) is 3.70. The van der Waals surface area contributed by atoms with E-state index in [0.29, 0.717) is 13.1 Å². The molecular formula is C9H14F3NO2. The largest absolute Gasteiger partial charge is 0.468 e. The van der Waals surface area contributed by atoms with Crippen LogP contribution in [0.3, 0.4) is 0 Å². The van der Waals surface area contributed by atoms with E-state index >= 15 is 0 Å². The molecule has 1 heterocycles. The molecule has 0 aromatic carbocycles. The third-order valence-electron chi connectivity index (χ3n) is 2.63. The van der Waals surface area contributed by atoms with Crippen molar-refractivity contribution < 1.29 is 22.7 Å². The molecule has 3 nitrogen and oxygen atoms in total. The summed E-state index contributed by atoms with van der Waals surface area (Å²) in [6.45, 7) is 0.694. The highest BCUT2D eigenvalue weighted by molar-refractivity contribution is 5.71. The number of ether oxygens (including phenoxy) is 1. The van der Waals surface area contributed by atoms with Crippen molar-refractivity contribution in [2.45, 2.75) is 19.0 Å². The van der Waals surface area contributed by atoms with Gasteiger partial charge in [0.15, 0.2) is 0 Å². The van der Waals surface area contributed by atoms with E-state index in [4.69, 9.17) is 0 Å². The SMILES string of the molecule is COC(=O)CN1CCC(C(F)(F)F)CC1. The fourth-order valence-electron chi connectivity index (χ4n) is 1.67. The highest BCUT2D eigenvalue weighted by atomic mass is 19.4. The van der Waals surface area contributed by atoms with Crippen LogP contribution in [0, 0.1) is 5.92 Å². The molecule has 1 rings (SSSR count). The highest BCUT2D eigenvalue weighted by Gasteiger charge is 2.41. The molecule has 0 spiro atoms. The van der Waals surface area contributed by atoms with Crippen molar-refractivity contribution in [1.29, 1.82) is 0 Å². The maximum atomic E-state index is 12.3. The molecule has 0 atom stereocenters. The van der Waals surface area contributed by atoms with Crippen molar-refractivity contribution in [3.8, 4) is 0 Å². The van der Waals surface area contributed by atoms with Gasteiger partial charge in [-0.25, -0.2) is 0 Å². The van der Waals surface area contributed by atoms with Gasteiger partial charge >= 0.3 is 12.1 Å². The molecule has 0 aromatic rings. The Balaban J connectivity index is 2.33. The Morgan fingerprint density at radius 2 is 1.93 bits per heavy atom. The van der Waals surface area contributed by atoms with Crippen LogP contribution in [0.25, 0.3) is 0 Å². The van der Waals surface area contributed by atoms with Crippen molar-refractivity contribution >= 4 is 5.97 Å². The normalized spacial score (nSPS) is 20.3. The lowest BCUT2D eigenvalue weighted by molar-refractivity contribution is -0.185. The standard InChI is InChI=1S/C9H14F3NO2/c1-15-8(14)6-13-4-2-7(3-5-13)9(10,11)12/h7H,2-6H2,1H3. The van der Waals surface area contributed by atoms with Crippen molar-refractivity contribution in [2.75, 3.05) is 26.7 Å². The molecular weight excluding hydrogens is 211 g/mol. The van der Waals surface area contributed by atoms with Gasteiger partial charge in [-0.05, 0) is 25.9 Å². The molecule has 0 bridgehead atoms. The maximum Gasteiger partial charge on any atom is 0.391 e. The lowest BCUT2D eigenvalue weighted by atomic mass is 9.96. The summed E-state index contributed by atoms with van der Waals surface area (Å²) >= 11 is 0. The minimum absolute atomic E-state index is 0.0699. The van der Waals surface area contributed by atoms with Gasteiger partial charge in [0.25, 0.3) is 0 Å². The van der Waals surface area contributed by atoms with Gasteiger partial charge in [-0.3, -0.25) is 9.69 Å². The molecule has 1 saturated heterocycles. The predicted molar refractivity (Wildman–Crippen MR) is 47.2 cm³/mol. The van der Waals surface area contributed by atoms with Crippen LogP contribution in [0.1, 0.15) is 12.8 Å². The van der Waals surface area contributed by atoms with Gasteiger partial charge in [-0.1, -0.05) is 0 Å². The number of carbonyl (C=O) groups excluding carboxylic acids is 1. The number of carbonyl (C=O) groups is 1. The molecule has 1 aliphatic heterocycles. The van der Waals surface area contributed by atoms with Crippen LogP contribution >= 0.6 is 0 Å². The number of esters is 1. The van der Waals surface area contributed by atoms with E-state index in [2.05, 4.69) is 4.74 Å². The summed E-state index contributed by atoms with van der Waals surface area (Å²) in [5.74, 6) is -1.62. The van der Waals surface area contributed by atoms with Gasteiger partial charge < -0.3 is 4.74 Å². The second-order valence-electron chi connectivity index (χ2n) is 3.67. The van der Waals surface area contributed by atoms with Gasteiger partial charge in [0, 0.05) is 0 Å². The van der Waals surface area contributed by atoms with Crippen LogP contribution in [-0.4, -0.2) is 43.8 Å². The molecule has 1 aliphatic rings. The van der Waals surface area contributed by atoms with Crippen molar-refractivity contribution in [3.63, 3.8) is 0 Å². The number of hydrogen-bond donors (Lipinski definition) is 0. The van der Waals surface area contributed by atoms with E-state index in [9.17, 15) is 18.0 Å². The fourth-order valence-corrected chi connectivity index (χ4v) is 1.67. The molecule has 0 saturated carbocycles. The van der Waals surface area contributed by atoms with Crippen LogP contribution < -0.4 is 0 Å². The van der Waals surface area contributed by atoms with E-state index in [1.54, 1.807) is 4.90 Å². The number of likely N-dealkylation sites (tertiary alicyclic amines) is 1. The second-order valence-corrected chi connectivity index (χ2v) is 3.67. The Kier molecular flexibility index (Phi) is 3.96. The number of hydrogen-bond acceptors (Lipinski definition) is 3. The lowest BCUT2D eigenvalue weighted by Gasteiger charge is -2.31. The predicted octanol–water partition coefficient (Wildman–Crippen LogP) is 1.43. The van der Waals surface area contributed by atoms with E-state index in [1.807, 2.05) is 0 Å². The minimum atomic E-state index is -4.10. The second kappa shape index (κ2) is 4.83. The summed E-state index contributed by atoms with van der Waals surface area (Å²) in [5, 5.41) is 0. The summed E-state index contributed by atoms with van der Waals surface area (Å²) in [4.78, 5) is 12.6. The Labute approximate surface area is 86.2 Å². The molecule has 0 aromatic heterocycles. The Hall–Kier alpha value is -0.780. The molecule has 0 unspecified atom stereocenters. The smallest absolute Gasteiger partial charge is 0.391 e. The Morgan fingerprint density at radius 1 is 1.40 bits per heavy atom. The summed E-state index contributed by atoms with van der Waals surface area (Å²) in [6, 6.07) is 0. The molecule has 88 valence electrons. The summed E-state index contributed by atoms with van der Waals surface area (Å²) in [6.07, 6.45) is -3.96. The quantitative estimate of drug-likeness (QED) is 0.666. The molecule has 6 heteroatoms. The van der Waals surface area contributed by atoms with E-state index in [1.165, 1.54) is 7.11 Å². The molecule has 15 heavy (non-hydrogen) atoms. The van der Waals surface area contributed by atoms with Crippen LogP contribution in [0.15, 0.2) is 0 Å². The number of methoxy groups -OCH3 is 1. The Morgan fingerprint density at radius 3 is 2.33 bits per heavy atom. The van der Waals surface area contributed by atoms with Gasteiger partial charge in [-0.15, -0.1) is 0 Å². The highest BCUT2D eigenvalue weighted by Crippen LogP contribution is 2.33. The summed E-state index contributed by atoms with van der Waals surface area (Å²) < 4.78 is 41.3. The first kappa shape index (κ1) is 12.3. The lowest BCUT2D eigenvalue weighted by Crippen LogP contribution is -2.41. The van der Waals surface area contributed by atoms with Crippen LogP contribution in [0.5, 0.6) is 0 Å². The average Bonchev–Trinajstić information content (AvgIpc) is 2.17. The zero-order valence-corrected chi connectivity index (χ0v) is 8.51. The van der Waals surface area contributed by atoms with E-state index in [-0.39, 0.29) is 19.4 Å². The first-order valence-corrected chi connectivity index (χ1v) is 4.79. The topological polar surface area (TPSA) is 29.5 Å². The van der Waals surface area contributed by atoms with Gasteiger partial charge in [0.2, 0.25) is 0 Å². The fraction of sp³-hybridized carbons (Fsp3) is 0.889. The third-order valence-corrected chi connectivity index (χ3v) is 2.63. The zero-order chi connectivity index (χ0) is 11.5. The number of halogens is 3. The molecule has 0 aliphatic carbocycles. The minimum Gasteiger partial charge on any atom is -0.468 e. The van der Waals surface area contributed by atoms with Crippen molar-refractivity contribution in [1.82, 2.24) is 4.90 Å². The molecule has 1 fully saturated rings. The van der Waals surface area contributed by atoms with Crippen LogP contribution in [-0.2, 0) is 9.53 Å². The number of nitrogens with zero attached hydrogens (tertiary/aromatic N) is 1. The van der Waals surface area contributed by atoms with Gasteiger partial charge in [0.05, 0.1) is 19.6 Å². The molecule has 0 amide bonds. The number of rotatable bonds is 2. The number of piperidine rings is 1. The summed E-state index contributed by atoms with van der Waals surface area (Å²) in [7, 11) is 1.27. The number of alkyl halides is 3. The van der Waals surface area contributed by atoms with E-state index < -0.39 is 18.1 Å². The maximum absolute atomic E-state index is 12.3. The van der Waals surface area contributed by atoms with Crippen molar-refractivity contribution in [2.24, 2.45) is 5.92 Å². The van der Waals surface area contributed by atoms with Crippen LogP contribution in [0.2, 0.25) is 0 Å². The van der Waals surface area contributed by atoms with Crippen LogP contribution in [0.4, 0.5) is 13.2 Å². The first-order chi connectivity index (χ1) is 6.93. The van der Waals surface area contributed by atoms with Gasteiger partial charge in [0.1, 0.15) is 0 Å². The van der Waals surface area contributed by atoms with Gasteiger partial charge in [-0.2, -0.15) is 13.2 Å². The monoisotopic (exact) mass is 225 g/mol. The zero-order valence-electron chi connectivity index (χ0n) is 8.51. The molecule has 0 radical (unpaired) electrons. The summed E-state index contributed by atoms with van der Waals surface area (Å²) in [5.41, 5.74) is 0. The Bertz CT molecular complexity index is 222. The van der Waals surface area contributed by atoms with E-state index in [0.717, 1.165) is 0 Å². The first-order valence-electron chi connectivity index (χ1n) is 4.79. The average molecular weight is 225 g/mol.